The maximum atomic E-state index is 12.9. The molecule has 150 valence electrons. The summed E-state index contributed by atoms with van der Waals surface area (Å²) in [7, 11) is -1.71. The van der Waals surface area contributed by atoms with Crippen LogP contribution in [-0.2, 0) is 17.1 Å². The van der Waals surface area contributed by atoms with Crippen LogP contribution in [0.15, 0.2) is 66.1 Å². The van der Waals surface area contributed by atoms with Crippen LogP contribution in [0.1, 0.15) is 23.5 Å². The van der Waals surface area contributed by atoms with Crippen LogP contribution in [0.25, 0.3) is 11.1 Å². The van der Waals surface area contributed by atoms with E-state index in [1.807, 2.05) is 0 Å². The number of aromatic nitrogens is 2. The van der Waals surface area contributed by atoms with Crippen molar-refractivity contribution in [3.05, 3.63) is 72.2 Å². The third-order valence-corrected chi connectivity index (χ3v) is 8.25. The van der Waals surface area contributed by atoms with Gasteiger partial charge in [0.25, 0.3) is 10.0 Å². The molecule has 0 radical (unpaired) electrons. The lowest BCUT2D eigenvalue weighted by atomic mass is 9.59. The van der Waals surface area contributed by atoms with Crippen molar-refractivity contribution in [2.75, 3.05) is 13.1 Å². The Morgan fingerprint density at radius 3 is 2.31 bits per heavy atom. The van der Waals surface area contributed by atoms with Gasteiger partial charge in [0.1, 0.15) is 0 Å². The van der Waals surface area contributed by atoms with Crippen LogP contribution in [0.5, 0.6) is 0 Å². The van der Waals surface area contributed by atoms with Crippen LogP contribution in [0.4, 0.5) is 0 Å². The number of sulfonamides is 1. The molecule has 5 nitrogen and oxygen atoms in total. The molecule has 0 amide bonds. The highest BCUT2D eigenvalue weighted by atomic mass is 32.2. The van der Waals surface area contributed by atoms with Crippen LogP contribution in [-0.4, -0.2) is 35.4 Å². The summed E-state index contributed by atoms with van der Waals surface area (Å²) in [6.07, 6.45) is 4.23. The van der Waals surface area contributed by atoms with Crippen LogP contribution in [0, 0.1) is 18.8 Å². The first-order valence-electron chi connectivity index (χ1n) is 10.1. The summed E-state index contributed by atoms with van der Waals surface area (Å²) >= 11 is 0. The molecule has 6 heteroatoms. The molecule has 1 saturated carbocycles. The lowest BCUT2D eigenvalue weighted by Crippen LogP contribution is -2.55. The van der Waals surface area contributed by atoms with Gasteiger partial charge in [-0.1, -0.05) is 48.5 Å². The zero-order valence-corrected chi connectivity index (χ0v) is 17.5. The van der Waals surface area contributed by atoms with E-state index in [9.17, 15) is 8.42 Å². The van der Waals surface area contributed by atoms with Crippen molar-refractivity contribution in [3.8, 4) is 11.1 Å². The van der Waals surface area contributed by atoms with Gasteiger partial charge in [-0.2, -0.15) is 4.31 Å². The van der Waals surface area contributed by atoms with Gasteiger partial charge in [0.05, 0.1) is 6.33 Å². The lowest BCUT2D eigenvalue weighted by Gasteiger charge is -2.53. The number of fused-ring (bicyclic) bond motifs is 2. The second-order valence-electron chi connectivity index (χ2n) is 8.42. The van der Waals surface area contributed by atoms with E-state index >= 15 is 0 Å². The topological polar surface area (TPSA) is 55.2 Å². The smallest absolute Gasteiger partial charge is 0.262 e. The summed E-state index contributed by atoms with van der Waals surface area (Å²) in [5.74, 6) is 1.23. The maximum Gasteiger partial charge on any atom is 0.262 e. The van der Waals surface area contributed by atoms with Crippen LogP contribution < -0.4 is 0 Å². The summed E-state index contributed by atoms with van der Waals surface area (Å²) in [5.41, 5.74) is 5.10. The molecular formula is C23H25N3O2S. The van der Waals surface area contributed by atoms with Crippen molar-refractivity contribution in [1.29, 1.82) is 0 Å². The monoisotopic (exact) mass is 407 g/mol. The van der Waals surface area contributed by atoms with Gasteiger partial charge in [-0.25, -0.2) is 13.4 Å². The van der Waals surface area contributed by atoms with Crippen molar-refractivity contribution >= 4 is 10.0 Å². The number of hydrogen-bond acceptors (Lipinski definition) is 3. The minimum absolute atomic E-state index is 0.153. The highest BCUT2D eigenvalue weighted by Crippen LogP contribution is 2.52. The van der Waals surface area contributed by atoms with E-state index in [4.69, 9.17) is 0 Å². The molecule has 3 fully saturated rings. The van der Waals surface area contributed by atoms with Gasteiger partial charge in [0.15, 0.2) is 5.03 Å². The van der Waals surface area contributed by atoms with E-state index in [0.29, 0.717) is 30.8 Å². The predicted octanol–water partition coefficient (Wildman–Crippen LogP) is 3.82. The summed E-state index contributed by atoms with van der Waals surface area (Å²) < 4.78 is 29.1. The number of nitrogens with zero attached hydrogens (tertiary/aromatic N) is 3. The van der Waals surface area contributed by atoms with E-state index in [1.54, 1.807) is 22.1 Å². The van der Waals surface area contributed by atoms with Crippen molar-refractivity contribution in [2.45, 2.75) is 24.3 Å². The van der Waals surface area contributed by atoms with Gasteiger partial charge in [0, 0.05) is 26.3 Å². The first kappa shape index (κ1) is 18.6. The molecule has 2 aromatic carbocycles. The Morgan fingerprint density at radius 1 is 1.00 bits per heavy atom. The molecule has 1 aliphatic carbocycles. The minimum atomic E-state index is -3.50. The molecule has 3 aliphatic rings. The van der Waals surface area contributed by atoms with Crippen molar-refractivity contribution in [2.24, 2.45) is 18.9 Å². The van der Waals surface area contributed by atoms with Gasteiger partial charge in [-0.05, 0) is 53.4 Å². The molecular weight excluding hydrogens is 382 g/mol. The molecule has 1 aromatic heterocycles. The minimum Gasteiger partial charge on any atom is -0.339 e. The molecule has 3 heterocycles. The third kappa shape index (κ3) is 3.11. The standard InChI is InChI=1S/C23H25N3O2S/c1-16-5-3-4-6-21(16)17-7-9-18(10-8-17)23-19-11-20(23)13-26(12-19)29(27,28)22-14-25(2)15-24-22/h3-10,14-15,19-20,23H,11-13H2,1-2H3. The zero-order chi connectivity index (χ0) is 20.2. The highest BCUT2D eigenvalue weighted by Gasteiger charge is 2.50. The second kappa shape index (κ2) is 6.82. The fourth-order valence-corrected chi connectivity index (χ4v) is 6.54. The van der Waals surface area contributed by atoms with Crippen LogP contribution in [0.2, 0.25) is 0 Å². The van der Waals surface area contributed by atoms with Gasteiger partial charge in [-0.3, -0.25) is 0 Å². The summed E-state index contributed by atoms with van der Waals surface area (Å²) in [4.78, 5) is 4.06. The highest BCUT2D eigenvalue weighted by molar-refractivity contribution is 7.89. The van der Waals surface area contributed by atoms with E-state index in [2.05, 4.69) is 60.4 Å². The first-order chi connectivity index (χ1) is 13.9. The average molecular weight is 408 g/mol. The number of benzene rings is 2. The average Bonchev–Trinajstić information content (AvgIpc) is 3.16. The SMILES string of the molecule is Cc1ccccc1-c1ccc(C2C3CC2CN(S(=O)(=O)c2cn(C)cn2)C3)cc1. The van der Waals surface area contributed by atoms with E-state index < -0.39 is 10.0 Å². The van der Waals surface area contributed by atoms with Crippen molar-refractivity contribution in [1.82, 2.24) is 13.9 Å². The number of aryl methyl sites for hydroxylation is 2. The quantitative estimate of drug-likeness (QED) is 0.661. The van der Waals surface area contributed by atoms with E-state index in [0.717, 1.165) is 6.42 Å². The molecule has 3 aromatic rings. The lowest BCUT2D eigenvalue weighted by molar-refractivity contribution is 0.0413. The van der Waals surface area contributed by atoms with E-state index in [-0.39, 0.29) is 5.03 Å². The van der Waals surface area contributed by atoms with Crippen LogP contribution in [0.3, 0.4) is 0 Å². The summed E-state index contributed by atoms with van der Waals surface area (Å²) in [6, 6.07) is 17.3. The maximum absolute atomic E-state index is 12.9. The Hall–Kier alpha value is -2.44. The Bertz CT molecular complexity index is 1140. The van der Waals surface area contributed by atoms with Crippen molar-refractivity contribution in [3.63, 3.8) is 0 Å². The number of piperidine rings is 2. The fraction of sp³-hybridized carbons (Fsp3) is 0.348. The normalized spacial score (nSPS) is 24.3. The molecule has 0 spiro atoms. The van der Waals surface area contributed by atoms with Crippen molar-refractivity contribution < 1.29 is 8.42 Å². The molecule has 2 unspecified atom stereocenters. The number of rotatable bonds is 4. The molecule has 2 atom stereocenters. The van der Waals surface area contributed by atoms with E-state index in [1.165, 1.54) is 28.6 Å². The summed E-state index contributed by atoms with van der Waals surface area (Å²) in [5, 5.41) is 0.153. The van der Waals surface area contributed by atoms with Gasteiger partial charge in [0.2, 0.25) is 0 Å². The second-order valence-corrected chi connectivity index (χ2v) is 10.3. The summed E-state index contributed by atoms with van der Waals surface area (Å²) in [6.45, 7) is 3.30. The Morgan fingerprint density at radius 2 is 1.69 bits per heavy atom. The predicted molar refractivity (Wildman–Crippen MR) is 113 cm³/mol. The van der Waals surface area contributed by atoms with Crippen LogP contribution >= 0.6 is 0 Å². The molecule has 2 saturated heterocycles. The van der Waals surface area contributed by atoms with Gasteiger partial charge < -0.3 is 4.57 Å². The molecule has 0 N–H and O–H groups in total. The Kier molecular flexibility index (Phi) is 4.37. The third-order valence-electron chi connectivity index (χ3n) is 6.53. The molecule has 2 bridgehead atoms. The fourth-order valence-electron chi connectivity index (χ4n) is 5.02. The number of hydrogen-bond donors (Lipinski definition) is 0. The number of imidazole rings is 1. The zero-order valence-electron chi connectivity index (χ0n) is 16.7. The molecule has 2 aliphatic heterocycles. The Labute approximate surface area is 172 Å². The van der Waals surface area contributed by atoms with Gasteiger partial charge in [-0.15, -0.1) is 0 Å². The molecule has 29 heavy (non-hydrogen) atoms. The van der Waals surface area contributed by atoms with Gasteiger partial charge >= 0.3 is 0 Å². The Balaban J connectivity index is 1.33. The largest absolute Gasteiger partial charge is 0.339 e. The molecule has 6 rings (SSSR count). The first-order valence-corrected chi connectivity index (χ1v) is 11.5.